The van der Waals surface area contributed by atoms with Crippen molar-refractivity contribution in [3.8, 4) is 33.8 Å². The van der Waals surface area contributed by atoms with Crippen molar-refractivity contribution in [3.05, 3.63) is 237 Å². The third-order valence-electron chi connectivity index (χ3n) is 12.6. The minimum Gasteiger partial charge on any atom is -0.456 e. The van der Waals surface area contributed by atoms with Gasteiger partial charge in [-0.1, -0.05) is 127 Å². The van der Waals surface area contributed by atoms with Crippen LogP contribution in [0.3, 0.4) is 0 Å². The molecule has 0 N–H and O–H groups in total. The first-order valence-corrected chi connectivity index (χ1v) is 23.0. The highest BCUT2D eigenvalue weighted by Crippen LogP contribution is 2.53. The van der Waals surface area contributed by atoms with Crippen LogP contribution in [0.5, 0.6) is 11.5 Å². The number of anilines is 9. The minimum absolute atomic E-state index is 0.836. The van der Waals surface area contributed by atoms with Gasteiger partial charge in [-0.3, -0.25) is 0 Å². The van der Waals surface area contributed by atoms with Crippen LogP contribution in [0.2, 0.25) is 0 Å². The smallest absolute Gasteiger partial charge is 0.151 e. The van der Waals surface area contributed by atoms with Crippen LogP contribution < -0.4 is 19.4 Å². The third-order valence-corrected chi connectivity index (χ3v) is 13.7. The molecule has 0 bridgehead atoms. The van der Waals surface area contributed by atoms with Crippen molar-refractivity contribution in [1.82, 2.24) is 0 Å². The number of para-hydroxylation sites is 7. The monoisotopic (exact) mass is 865 g/mol. The van der Waals surface area contributed by atoms with E-state index in [1.807, 2.05) is 48.2 Å². The second-order valence-corrected chi connectivity index (χ2v) is 17.6. The Balaban J connectivity index is 0.866. The van der Waals surface area contributed by atoms with Crippen LogP contribution >= 0.6 is 11.8 Å². The van der Waals surface area contributed by atoms with Gasteiger partial charge in [-0.25, -0.2) is 0 Å². The van der Waals surface area contributed by atoms with Crippen LogP contribution in [-0.2, 0) is 0 Å². The van der Waals surface area contributed by atoms with Gasteiger partial charge in [0.25, 0.3) is 0 Å². The molecular weight excluding hydrogens is 827 g/mol. The molecule has 0 radical (unpaired) electrons. The zero-order chi connectivity index (χ0) is 43.6. The SMILES string of the molecule is c1cc(-c2ccc(N(c3ccc(-c4cccc(N5c6ccccc6Sc6ccccc65)c4)cc3)c3ccc4c(c3)oc3ccccc34)cc2)cc(N2c3ccccc3Oc3ccccc32)c1. The molecule has 13 rings (SSSR count). The highest BCUT2D eigenvalue weighted by molar-refractivity contribution is 7.99. The van der Waals surface area contributed by atoms with Crippen molar-refractivity contribution in [2.45, 2.75) is 9.79 Å². The summed E-state index contributed by atoms with van der Waals surface area (Å²) < 4.78 is 12.8. The lowest BCUT2D eigenvalue weighted by Gasteiger charge is -2.33. The summed E-state index contributed by atoms with van der Waals surface area (Å²) in [6.07, 6.45) is 0. The van der Waals surface area contributed by atoms with E-state index in [9.17, 15) is 0 Å². The van der Waals surface area contributed by atoms with Gasteiger partial charge in [-0.15, -0.1) is 0 Å². The summed E-state index contributed by atoms with van der Waals surface area (Å²) in [5.74, 6) is 1.67. The van der Waals surface area contributed by atoms with Crippen LogP contribution in [0.25, 0.3) is 44.2 Å². The van der Waals surface area contributed by atoms with Crippen molar-refractivity contribution in [2.24, 2.45) is 0 Å². The Morgan fingerprint density at radius 3 is 1.39 bits per heavy atom. The molecule has 0 fully saturated rings. The topological polar surface area (TPSA) is 32.1 Å². The summed E-state index contributed by atoms with van der Waals surface area (Å²) in [5, 5.41) is 2.21. The molecule has 0 atom stereocenters. The van der Waals surface area contributed by atoms with Gasteiger partial charge in [0.05, 0.1) is 22.7 Å². The van der Waals surface area contributed by atoms with E-state index in [2.05, 4.69) is 215 Å². The molecule has 10 aromatic carbocycles. The molecule has 3 heterocycles. The molecule has 2 aliphatic rings. The lowest BCUT2D eigenvalue weighted by molar-refractivity contribution is 0.477. The number of furan rings is 1. The molecule has 0 spiro atoms. The van der Waals surface area contributed by atoms with Crippen molar-refractivity contribution in [3.63, 3.8) is 0 Å². The Morgan fingerprint density at radius 2 is 0.803 bits per heavy atom. The second kappa shape index (κ2) is 15.7. The van der Waals surface area contributed by atoms with E-state index in [0.717, 1.165) is 95.5 Å². The first-order chi connectivity index (χ1) is 32.7. The van der Waals surface area contributed by atoms with Crippen LogP contribution in [0.4, 0.5) is 51.2 Å². The molecular formula is C60H39N3O2S. The fourth-order valence-electron chi connectivity index (χ4n) is 9.52. The van der Waals surface area contributed by atoms with Crippen molar-refractivity contribution >= 4 is 84.9 Å². The summed E-state index contributed by atoms with van der Waals surface area (Å²) in [5.41, 5.74) is 16.0. The minimum atomic E-state index is 0.836. The standard InChI is InChI=1S/C60H39N3O2S/c1-6-22-55-49(17-1)50-36-35-48(39-58(50)64-55)61(44-31-27-40(28-32-44)42-13-11-15-46(37-42)62-51-18-2-7-23-56(51)65-57-24-8-3-19-52(57)62)45-33-29-41(30-34-45)43-14-12-16-47(38-43)63-53-20-4-9-25-59(53)66-60-26-10-5-21-54(60)63/h1-39H. The van der Waals surface area contributed by atoms with E-state index in [1.54, 1.807) is 0 Å². The fourth-order valence-corrected chi connectivity index (χ4v) is 10.6. The van der Waals surface area contributed by atoms with Gasteiger partial charge in [-0.05, 0) is 138 Å². The Kier molecular flexibility index (Phi) is 9.03. The van der Waals surface area contributed by atoms with Gasteiger partial charge >= 0.3 is 0 Å². The third kappa shape index (κ3) is 6.49. The first kappa shape index (κ1) is 38.0. The van der Waals surface area contributed by atoms with E-state index in [1.165, 1.54) is 21.2 Å². The molecule has 0 saturated heterocycles. The summed E-state index contributed by atoms with van der Waals surface area (Å²) in [6, 6.07) is 83.9. The zero-order valence-electron chi connectivity index (χ0n) is 35.6. The Bertz CT molecular complexity index is 3360. The van der Waals surface area contributed by atoms with Crippen LogP contribution in [0.1, 0.15) is 0 Å². The molecule has 2 aliphatic heterocycles. The Hall–Kier alpha value is -8.45. The highest BCUT2D eigenvalue weighted by Gasteiger charge is 2.27. The Morgan fingerprint density at radius 1 is 0.333 bits per heavy atom. The van der Waals surface area contributed by atoms with Gasteiger partial charge in [0.2, 0.25) is 0 Å². The van der Waals surface area contributed by atoms with Crippen LogP contribution in [0, 0.1) is 0 Å². The van der Waals surface area contributed by atoms with Gasteiger partial charge in [0.15, 0.2) is 11.5 Å². The number of rotatable bonds is 7. The maximum atomic E-state index is 6.44. The summed E-state index contributed by atoms with van der Waals surface area (Å²) in [7, 11) is 0. The maximum absolute atomic E-state index is 6.44. The normalized spacial score (nSPS) is 12.5. The van der Waals surface area contributed by atoms with Crippen molar-refractivity contribution < 1.29 is 9.15 Å². The largest absolute Gasteiger partial charge is 0.456 e. The number of nitrogens with zero attached hydrogens (tertiary/aromatic N) is 3. The predicted octanol–water partition coefficient (Wildman–Crippen LogP) is 17.9. The summed E-state index contributed by atoms with van der Waals surface area (Å²) >= 11 is 1.83. The lowest BCUT2D eigenvalue weighted by Crippen LogP contribution is -2.15. The molecule has 66 heavy (non-hydrogen) atoms. The van der Waals surface area contributed by atoms with Gasteiger partial charge < -0.3 is 23.9 Å². The highest BCUT2D eigenvalue weighted by atomic mass is 32.2. The predicted molar refractivity (Wildman–Crippen MR) is 273 cm³/mol. The molecule has 312 valence electrons. The average Bonchev–Trinajstić information content (AvgIpc) is 3.76. The molecule has 0 unspecified atom stereocenters. The van der Waals surface area contributed by atoms with E-state index in [4.69, 9.17) is 9.15 Å². The number of fused-ring (bicyclic) bond motifs is 7. The number of ether oxygens (including phenoxy) is 1. The summed E-state index contributed by atoms with van der Waals surface area (Å²) in [4.78, 5) is 9.48. The molecule has 5 nitrogen and oxygen atoms in total. The zero-order valence-corrected chi connectivity index (χ0v) is 36.4. The van der Waals surface area contributed by atoms with E-state index in [0.29, 0.717) is 0 Å². The molecule has 11 aromatic rings. The van der Waals surface area contributed by atoms with E-state index in [-0.39, 0.29) is 0 Å². The first-order valence-electron chi connectivity index (χ1n) is 22.1. The van der Waals surface area contributed by atoms with Gasteiger partial charge in [0.1, 0.15) is 11.2 Å². The second-order valence-electron chi connectivity index (χ2n) is 16.6. The maximum Gasteiger partial charge on any atom is 0.151 e. The number of benzene rings is 10. The number of hydrogen-bond donors (Lipinski definition) is 0. The quantitative estimate of drug-likeness (QED) is 0.159. The van der Waals surface area contributed by atoms with E-state index >= 15 is 0 Å². The fraction of sp³-hybridized carbons (Fsp3) is 0. The molecule has 0 aliphatic carbocycles. The van der Waals surface area contributed by atoms with Crippen molar-refractivity contribution in [1.29, 1.82) is 0 Å². The van der Waals surface area contributed by atoms with Crippen LogP contribution in [0.15, 0.2) is 251 Å². The average molecular weight is 866 g/mol. The number of hydrogen-bond acceptors (Lipinski definition) is 6. The molecule has 0 amide bonds. The molecule has 0 saturated carbocycles. The van der Waals surface area contributed by atoms with Gasteiger partial charge in [-0.2, -0.15) is 0 Å². The van der Waals surface area contributed by atoms with Crippen LogP contribution in [-0.4, -0.2) is 0 Å². The van der Waals surface area contributed by atoms with E-state index < -0.39 is 0 Å². The summed E-state index contributed by atoms with van der Waals surface area (Å²) in [6.45, 7) is 0. The molecule has 6 heteroatoms. The molecule has 1 aromatic heterocycles. The lowest BCUT2D eigenvalue weighted by atomic mass is 10.0. The van der Waals surface area contributed by atoms with Crippen molar-refractivity contribution in [2.75, 3.05) is 14.7 Å². The Labute approximate surface area is 387 Å². The van der Waals surface area contributed by atoms with Gasteiger partial charge in [0, 0.05) is 55.1 Å².